The minimum Gasteiger partial charge on any atom is 0 e. The quantitative estimate of drug-likeness (QED) is 0.0906. The van der Waals surface area contributed by atoms with Gasteiger partial charge in [-0.05, 0) is 93.9 Å². The summed E-state index contributed by atoms with van der Waals surface area (Å²) in [7, 11) is -6.11. The van der Waals surface area contributed by atoms with E-state index in [1.54, 1.807) is 31.2 Å². The number of nitrogens with zero attached hydrogens (tertiary/aromatic N) is 1. The number of carbonyl (C=O) groups is 1. The zero-order valence-corrected chi connectivity index (χ0v) is 32.7. The average molecular weight is 951 g/mol. The van der Waals surface area contributed by atoms with Crippen LogP contribution in [0.15, 0.2) is 92.5 Å². The smallest absolute Gasteiger partial charge is 0 e. The molecule has 0 saturated heterocycles. The molecule has 6 N–H and O–H groups in total. The summed E-state index contributed by atoms with van der Waals surface area (Å²) in [5.74, 6) is -0.107. The molecule has 0 heterocycles. The van der Waals surface area contributed by atoms with Gasteiger partial charge in [0, 0.05) is 20.6 Å². The van der Waals surface area contributed by atoms with Gasteiger partial charge in [0.1, 0.15) is 0 Å². The number of amides is 1. The maximum atomic E-state index is 11.4. The van der Waals surface area contributed by atoms with Crippen LogP contribution in [0.1, 0.15) is 37.5 Å². The summed E-state index contributed by atoms with van der Waals surface area (Å²) in [5, 5.41) is 2.63. The number of carbonyl (C=O) groups excluding carboxylic acids is 2. The number of nitrogen functional groups attached to an aromatic ring is 1. The van der Waals surface area contributed by atoms with Gasteiger partial charge in [-0.2, -0.15) is 4.99 Å². The summed E-state index contributed by atoms with van der Waals surface area (Å²) in [5.41, 5.74) is 6.90. The second kappa shape index (κ2) is 25.5. The van der Waals surface area contributed by atoms with E-state index in [9.17, 15) is 34.8 Å². The summed E-state index contributed by atoms with van der Waals surface area (Å²) < 4.78 is 80.5. The van der Waals surface area contributed by atoms with Gasteiger partial charge in [-0.1, -0.05) is 28.2 Å². The van der Waals surface area contributed by atoms with E-state index in [0.29, 0.717) is 23.5 Å². The summed E-state index contributed by atoms with van der Waals surface area (Å²) in [6.45, 7) is 5.75. The van der Waals surface area contributed by atoms with E-state index in [2.05, 4.69) is 43.1 Å². The number of aliphatic imine (C=N–C) groups is 1. The number of hydrogen-bond donors (Lipinski definition) is 5. The van der Waals surface area contributed by atoms with Crippen LogP contribution in [0.25, 0.3) is 0 Å². The maximum absolute atomic E-state index is 11.4. The molecule has 3 aromatic carbocycles. The second-order valence-corrected chi connectivity index (χ2v) is 13.5. The summed E-state index contributed by atoms with van der Waals surface area (Å²) in [4.78, 5) is 24.8. The first-order chi connectivity index (χ1) is 22.1. The molecule has 0 aliphatic heterocycles. The molecule has 47 heavy (non-hydrogen) atoms. The van der Waals surface area contributed by atoms with Crippen LogP contribution in [0, 0.1) is 0 Å². The fourth-order valence-electron chi connectivity index (χ4n) is 2.72. The van der Waals surface area contributed by atoms with Crippen molar-refractivity contribution in [2.24, 2.45) is 4.99 Å². The Morgan fingerprint density at radius 2 is 1.13 bits per heavy atom. The number of halogens is 2. The molecule has 14 nitrogen and oxygen atoms in total. The summed E-state index contributed by atoms with van der Waals surface area (Å²) in [6, 6.07) is 17.6. The molecule has 0 atom stereocenters. The Kier molecular flexibility index (Phi) is 25.3. The molecule has 0 spiro atoms. The first kappa shape index (κ1) is 46.6. The van der Waals surface area contributed by atoms with Gasteiger partial charge in [-0.15, -0.1) is 0 Å². The standard InChI is InChI=1S/C10H14N2O3S.C8H8N2O3S.C7H10N2O2S.C2H6.CH4.HI2.2H2/c1-3-10(13)12-8-4-6-9(7-5-8)16(14,15)11-2;1-9-14(12,13)8-4-2-7(3-5-8)10-6-11;1-9-12(10,11)7-4-2-6(8)3-5-7;1-2;;1-2;;/h4-7,11H,3H2,1-2H3,(H,12,13);2-5,9H,1H3;2-5,9H,8H2,1H3;1-2H3;1H4;1H;2*1H/q;;;;;-1;;/i;;;;;1D;2*1+2. The van der Waals surface area contributed by atoms with Gasteiger partial charge in [-0.25, -0.2) is 44.2 Å². The van der Waals surface area contributed by atoms with Gasteiger partial charge in [0.05, 0.1) is 20.4 Å². The van der Waals surface area contributed by atoms with Crippen molar-refractivity contribution in [1.82, 2.24) is 14.2 Å². The van der Waals surface area contributed by atoms with E-state index in [1.807, 2.05) is 13.8 Å². The number of sulfonamides is 3. The van der Waals surface area contributed by atoms with Gasteiger partial charge in [0.15, 0.2) is 0 Å². The molecular formula is C28H47I2N6O8S3-. The van der Waals surface area contributed by atoms with Crippen LogP contribution in [0.2, 0.25) is 0 Å². The minimum atomic E-state index is -3.42. The summed E-state index contributed by atoms with van der Waals surface area (Å²) in [6.07, 6.45) is 1.75. The van der Waals surface area contributed by atoms with E-state index in [4.69, 9.17) is 6.33 Å². The molecule has 0 saturated carbocycles. The van der Waals surface area contributed by atoms with Gasteiger partial charge in [0.25, 0.3) is 0 Å². The van der Waals surface area contributed by atoms with Gasteiger partial charge >= 0.3 is 37.6 Å². The molecule has 3 rings (SSSR count). The van der Waals surface area contributed by atoms with E-state index in [-0.39, 0.29) is 49.3 Å². The summed E-state index contributed by atoms with van der Waals surface area (Å²) >= 11 is 1.88. The van der Waals surface area contributed by atoms with Crippen molar-refractivity contribution in [3.05, 3.63) is 72.8 Å². The first-order valence-corrected chi connectivity index (χ1v) is 23.8. The SMILES string of the molecule is C.CC.CCC(=O)Nc1ccc(S(=O)(=O)NC)cc1.CNS(=O)(=O)c1ccc(N)cc1.CNS(=O)(=O)c1ccc(N=C=O)cc1.[2H][I-]I.[3HH].[3HH]. The fraction of sp³-hybridized carbons (Fsp3) is 0.286. The molecule has 0 unspecified atom stereocenters. The molecule has 0 aliphatic carbocycles. The van der Waals surface area contributed by atoms with Crippen molar-refractivity contribution in [3.8, 4) is 0 Å². The number of nitrogens with two attached hydrogens (primary N) is 1. The Morgan fingerprint density at radius 1 is 0.809 bits per heavy atom. The minimum absolute atomic E-state index is 0. The van der Waals surface area contributed by atoms with Crippen molar-refractivity contribution in [3.63, 3.8) is 0 Å². The van der Waals surface area contributed by atoms with Crippen LogP contribution >= 0.6 is 18.6 Å². The predicted molar refractivity (Wildman–Crippen MR) is 197 cm³/mol. The van der Waals surface area contributed by atoms with Crippen molar-refractivity contribution in [2.45, 2.75) is 49.3 Å². The third-order valence-corrected chi connectivity index (χ3v) is 9.38. The normalized spacial score (nSPS) is 10.5. The van der Waals surface area contributed by atoms with Gasteiger partial charge in [0.2, 0.25) is 42.1 Å². The van der Waals surface area contributed by atoms with Crippen LogP contribution in [0.3, 0.4) is 0 Å². The van der Waals surface area contributed by atoms with Crippen molar-refractivity contribution < 1.29 is 56.1 Å². The Bertz CT molecular complexity index is 1730. The van der Waals surface area contributed by atoms with E-state index >= 15 is 0 Å². The van der Waals surface area contributed by atoms with Crippen LogP contribution in [0.4, 0.5) is 17.1 Å². The predicted octanol–water partition coefficient (Wildman–Crippen LogP) is 1.46. The Labute approximate surface area is 305 Å². The molecule has 0 bridgehead atoms. The molecular weight excluding hydrogens is 898 g/mol. The number of isocyanates is 1. The van der Waals surface area contributed by atoms with E-state index in [0.717, 1.165) is 0 Å². The Hall–Kier alpha value is -2.50. The average Bonchev–Trinajstić information content (AvgIpc) is 3.07. The molecule has 3 aromatic rings. The molecule has 0 radical (unpaired) electrons. The van der Waals surface area contributed by atoms with Crippen molar-refractivity contribution >= 4 is 77.7 Å². The van der Waals surface area contributed by atoms with Crippen LogP contribution in [0.5, 0.6) is 0 Å². The Balaban J connectivity index is -0.000000186. The zero-order chi connectivity index (χ0) is 36.7. The van der Waals surface area contributed by atoms with Crippen LogP contribution in [-0.2, 0) is 39.7 Å². The number of nitrogens with one attached hydrogen (secondary N) is 4. The molecule has 0 aliphatic rings. The van der Waals surface area contributed by atoms with E-state index in [1.165, 1.54) is 75.8 Å². The molecule has 270 valence electrons. The Morgan fingerprint density at radius 3 is 1.43 bits per heavy atom. The van der Waals surface area contributed by atoms with Crippen molar-refractivity contribution in [1.29, 1.82) is 0.594 Å². The molecule has 1 amide bonds. The largest absolute Gasteiger partial charge is 0 e. The second-order valence-electron chi connectivity index (χ2n) is 7.81. The number of rotatable bonds is 9. The van der Waals surface area contributed by atoms with Gasteiger partial charge in [-0.3, -0.25) is 4.79 Å². The maximum Gasteiger partial charge on any atom is 0 e. The zero-order valence-electron chi connectivity index (χ0n) is 26.9. The monoisotopic (exact) mass is 950 g/mol. The van der Waals surface area contributed by atoms with Crippen LogP contribution < -0.4 is 43.6 Å². The fourth-order valence-corrected chi connectivity index (χ4v) is 4.91. The molecule has 0 aromatic heterocycles. The first-order valence-electron chi connectivity index (χ1n) is 13.4. The van der Waals surface area contributed by atoms with Crippen LogP contribution in [-0.4, -0.2) is 59.0 Å². The molecule has 19 heteroatoms. The number of hydrogen-bond acceptors (Lipinski definition) is 10. The van der Waals surface area contributed by atoms with E-state index < -0.39 is 30.1 Å². The third kappa shape index (κ3) is 18.6. The third-order valence-electron chi connectivity index (χ3n) is 5.09. The number of anilines is 2. The van der Waals surface area contributed by atoms with Crippen molar-refractivity contribution in [2.75, 3.05) is 32.2 Å². The number of benzene rings is 3. The topological polar surface area (TPSA) is 223 Å². The molecule has 0 fully saturated rings. The van der Waals surface area contributed by atoms with Gasteiger partial charge < -0.3 is 11.1 Å².